The molecule has 0 aliphatic carbocycles. The van der Waals surface area contributed by atoms with E-state index in [0.717, 1.165) is 18.9 Å². The van der Waals surface area contributed by atoms with Crippen molar-refractivity contribution in [1.29, 1.82) is 0 Å². The maximum Gasteiger partial charge on any atom is 0.293 e. The number of hydrogen-bond donors (Lipinski definition) is 0. The fraction of sp³-hybridized carbons (Fsp3) is 0.429. The van der Waals surface area contributed by atoms with Gasteiger partial charge in [-0.25, -0.2) is 8.42 Å². The van der Waals surface area contributed by atoms with E-state index in [-0.39, 0.29) is 23.2 Å². The molecule has 0 radical (unpaired) electrons. The van der Waals surface area contributed by atoms with Crippen LogP contribution in [0.25, 0.3) is 0 Å². The lowest BCUT2D eigenvalue weighted by Crippen LogP contribution is -2.33. The highest BCUT2D eigenvalue weighted by Gasteiger charge is 2.29. The summed E-state index contributed by atoms with van der Waals surface area (Å²) in [7, 11) is -3.95. The molecule has 1 aliphatic rings. The summed E-state index contributed by atoms with van der Waals surface area (Å²) in [5.74, 6) is 0. The number of ether oxygens (including phenoxy) is 1. The molecule has 2 aromatic rings. The van der Waals surface area contributed by atoms with Gasteiger partial charge in [-0.3, -0.25) is 14.4 Å². The van der Waals surface area contributed by atoms with E-state index in [1.54, 1.807) is 37.3 Å². The fourth-order valence-corrected chi connectivity index (χ4v) is 5.22. The second-order valence-corrected chi connectivity index (χ2v) is 8.95. The van der Waals surface area contributed by atoms with E-state index < -0.39 is 14.9 Å². The molecule has 3 rings (SSSR count). The Morgan fingerprint density at radius 1 is 1.13 bits per heavy atom. The number of rotatable bonds is 9. The third-order valence-electron chi connectivity index (χ3n) is 5.23. The molecule has 0 N–H and O–H groups in total. The number of sulfonamides is 1. The molecule has 1 aliphatic heterocycles. The Morgan fingerprint density at radius 2 is 1.87 bits per heavy atom. The molecule has 0 spiro atoms. The van der Waals surface area contributed by atoms with Gasteiger partial charge in [-0.1, -0.05) is 18.2 Å². The highest BCUT2D eigenvalue weighted by molar-refractivity contribution is 7.92. The molecular formula is C21H27N3O5S. The van der Waals surface area contributed by atoms with Gasteiger partial charge >= 0.3 is 0 Å². The van der Waals surface area contributed by atoms with Crippen LogP contribution in [0.2, 0.25) is 0 Å². The first-order valence-electron chi connectivity index (χ1n) is 10.1. The van der Waals surface area contributed by atoms with Crippen molar-refractivity contribution in [3.63, 3.8) is 0 Å². The average molecular weight is 434 g/mol. The van der Waals surface area contributed by atoms with Crippen LogP contribution < -0.4 is 9.21 Å². The summed E-state index contributed by atoms with van der Waals surface area (Å²) in [6.07, 6.45) is 1.93. The molecule has 1 atom stereocenters. The number of para-hydroxylation sites is 1. The Bertz CT molecular complexity index is 975. The van der Waals surface area contributed by atoms with Gasteiger partial charge in [0.15, 0.2) is 0 Å². The molecule has 0 amide bonds. The van der Waals surface area contributed by atoms with E-state index in [0.29, 0.717) is 31.1 Å². The molecule has 8 nitrogen and oxygen atoms in total. The van der Waals surface area contributed by atoms with Crippen LogP contribution in [0.5, 0.6) is 0 Å². The molecule has 0 saturated carbocycles. The van der Waals surface area contributed by atoms with Gasteiger partial charge in [0.2, 0.25) is 0 Å². The fourth-order valence-electron chi connectivity index (χ4n) is 3.72. The number of hydrogen-bond acceptors (Lipinski definition) is 6. The van der Waals surface area contributed by atoms with Crippen LogP contribution in [0.4, 0.5) is 17.1 Å². The van der Waals surface area contributed by atoms with Crippen molar-refractivity contribution in [1.82, 2.24) is 0 Å². The Kier molecular flexibility index (Phi) is 6.94. The molecule has 30 heavy (non-hydrogen) atoms. The molecule has 0 aromatic heterocycles. The van der Waals surface area contributed by atoms with E-state index in [4.69, 9.17) is 4.74 Å². The minimum absolute atomic E-state index is 0.0293. The summed E-state index contributed by atoms with van der Waals surface area (Å²) >= 11 is 0. The van der Waals surface area contributed by atoms with E-state index in [2.05, 4.69) is 0 Å². The molecular weight excluding hydrogens is 406 g/mol. The monoisotopic (exact) mass is 433 g/mol. The standard InChI is InChI=1S/C21H27N3O5S/c1-3-22(16-18-11-8-14-29-18)20-13-12-19(15-21(20)24(25)26)30(27,28)23(4-2)17-9-6-5-7-10-17/h5-7,9-10,12-13,15,18H,3-4,8,11,14,16H2,1-2H3. The summed E-state index contributed by atoms with van der Waals surface area (Å²) in [4.78, 5) is 13.1. The van der Waals surface area contributed by atoms with Crippen LogP contribution in [0, 0.1) is 10.1 Å². The van der Waals surface area contributed by atoms with E-state index in [1.807, 2.05) is 11.8 Å². The molecule has 1 saturated heterocycles. The highest BCUT2D eigenvalue weighted by atomic mass is 32.2. The second kappa shape index (κ2) is 9.44. The first-order chi connectivity index (χ1) is 14.4. The largest absolute Gasteiger partial charge is 0.376 e. The number of anilines is 2. The number of benzene rings is 2. The zero-order valence-corrected chi connectivity index (χ0v) is 18.0. The molecule has 1 heterocycles. The highest BCUT2D eigenvalue weighted by Crippen LogP contribution is 2.33. The maximum atomic E-state index is 13.2. The minimum Gasteiger partial charge on any atom is -0.376 e. The zero-order valence-electron chi connectivity index (χ0n) is 17.2. The first kappa shape index (κ1) is 22.0. The van der Waals surface area contributed by atoms with Crippen molar-refractivity contribution in [2.75, 3.05) is 35.4 Å². The second-order valence-electron chi connectivity index (χ2n) is 7.09. The van der Waals surface area contributed by atoms with Crippen molar-refractivity contribution in [3.05, 3.63) is 58.6 Å². The molecule has 0 bridgehead atoms. The Hall–Kier alpha value is -2.65. The molecule has 2 aromatic carbocycles. The third kappa shape index (κ3) is 4.57. The summed E-state index contributed by atoms with van der Waals surface area (Å²) in [5.41, 5.74) is 0.694. The van der Waals surface area contributed by atoms with E-state index >= 15 is 0 Å². The molecule has 9 heteroatoms. The predicted octanol–water partition coefficient (Wildman–Crippen LogP) is 3.82. The van der Waals surface area contributed by atoms with E-state index in [1.165, 1.54) is 16.4 Å². The number of nitrogens with zero attached hydrogens (tertiary/aromatic N) is 3. The summed E-state index contributed by atoms with van der Waals surface area (Å²) < 4.78 is 33.4. The van der Waals surface area contributed by atoms with Crippen LogP contribution in [0.1, 0.15) is 26.7 Å². The number of nitro groups is 1. The average Bonchev–Trinajstić information content (AvgIpc) is 3.26. The molecule has 1 fully saturated rings. The van der Waals surface area contributed by atoms with Gasteiger partial charge in [0.05, 0.1) is 21.6 Å². The smallest absolute Gasteiger partial charge is 0.293 e. The van der Waals surface area contributed by atoms with Crippen molar-refractivity contribution >= 4 is 27.1 Å². The summed E-state index contributed by atoms with van der Waals surface area (Å²) in [5, 5.41) is 11.8. The SMILES string of the molecule is CCN(CC1CCCO1)c1ccc(S(=O)(=O)N(CC)c2ccccc2)cc1[N+](=O)[O-]. The van der Waals surface area contributed by atoms with Gasteiger partial charge in [0, 0.05) is 32.3 Å². The quantitative estimate of drug-likeness (QED) is 0.441. The van der Waals surface area contributed by atoms with Crippen LogP contribution in [-0.4, -0.2) is 45.7 Å². The Labute approximate surface area is 177 Å². The van der Waals surface area contributed by atoms with Gasteiger partial charge < -0.3 is 9.64 Å². The third-order valence-corrected chi connectivity index (χ3v) is 7.13. The lowest BCUT2D eigenvalue weighted by Gasteiger charge is -2.26. The normalized spacial score (nSPS) is 16.4. The van der Waals surface area contributed by atoms with Crippen molar-refractivity contribution < 1.29 is 18.1 Å². The van der Waals surface area contributed by atoms with Crippen LogP contribution in [0.3, 0.4) is 0 Å². The summed E-state index contributed by atoms with van der Waals surface area (Å²) in [6.45, 7) is 5.65. The van der Waals surface area contributed by atoms with Crippen molar-refractivity contribution in [3.8, 4) is 0 Å². The molecule has 1 unspecified atom stereocenters. The van der Waals surface area contributed by atoms with Crippen LogP contribution in [0.15, 0.2) is 53.4 Å². The van der Waals surface area contributed by atoms with Gasteiger partial charge in [0.1, 0.15) is 5.69 Å². The number of nitro benzene ring substituents is 1. The maximum absolute atomic E-state index is 13.2. The minimum atomic E-state index is -3.95. The lowest BCUT2D eigenvalue weighted by molar-refractivity contribution is -0.384. The zero-order chi connectivity index (χ0) is 21.7. The molecule has 162 valence electrons. The Balaban J connectivity index is 1.98. The van der Waals surface area contributed by atoms with Crippen LogP contribution in [-0.2, 0) is 14.8 Å². The number of likely N-dealkylation sites (N-methyl/N-ethyl adjacent to an activating group) is 1. The first-order valence-corrected chi connectivity index (χ1v) is 11.5. The van der Waals surface area contributed by atoms with Crippen molar-refractivity contribution in [2.45, 2.75) is 37.7 Å². The van der Waals surface area contributed by atoms with Crippen molar-refractivity contribution in [2.24, 2.45) is 0 Å². The lowest BCUT2D eigenvalue weighted by atomic mass is 10.2. The summed E-state index contributed by atoms with van der Waals surface area (Å²) in [6, 6.07) is 12.8. The van der Waals surface area contributed by atoms with Crippen LogP contribution >= 0.6 is 0 Å². The van der Waals surface area contributed by atoms with Gasteiger partial charge in [0.25, 0.3) is 15.7 Å². The topological polar surface area (TPSA) is 93.0 Å². The van der Waals surface area contributed by atoms with Gasteiger partial charge in [-0.05, 0) is 51.0 Å². The van der Waals surface area contributed by atoms with Gasteiger partial charge in [-0.2, -0.15) is 0 Å². The Morgan fingerprint density at radius 3 is 2.43 bits per heavy atom. The van der Waals surface area contributed by atoms with Gasteiger partial charge in [-0.15, -0.1) is 0 Å². The predicted molar refractivity (Wildman–Crippen MR) is 117 cm³/mol. The van der Waals surface area contributed by atoms with E-state index in [9.17, 15) is 18.5 Å².